The highest BCUT2D eigenvalue weighted by Crippen LogP contribution is 2.14. The zero-order valence-electron chi connectivity index (χ0n) is 7.11. The molecule has 0 saturated heterocycles. The Morgan fingerprint density at radius 1 is 1.38 bits per heavy atom. The average Bonchev–Trinajstić information content (AvgIpc) is 2.62. The van der Waals surface area contributed by atoms with Crippen molar-refractivity contribution in [3.8, 4) is 5.69 Å². The molecule has 1 heterocycles. The van der Waals surface area contributed by atoms with E-state index in [0.717, 1.165) is 5.69 Å². The molecule has 4 heteroatoms. The van der Waals surface area contributed by atoms with Crippen molar-refractivity contribution in [2.75, 3.05) is 0 Å². The van der Waals surface area contributed by atoms with Crippen molar-refractivity contribution in [3.63, 3.8) is 0 Å². The maximum Gasteiger partial charge on any atom is 0.138 e. The van der Waals surface area contributed by atoms with Gasteiger partial charge in [0.25, 0.3) is 0 Å². The average molecular weight is 177 g/mol. The van der Waals surface area contributed by atoms with E-state index in [-0.39, 0.29) is 5.82 Å². The summed E-state index contributed by atoms with van der Waals surface area (Å²) < 4.78 is 14.6. The Kier molecular flexibility index (Phi) is 1.81. The van der Waals surface area contributed by atoms with Crippen LogP contribution in [0.2, 0.25) is 0 Å². The van der Waals surface area contributed by atoms with Crippen LogP contribution in [0.4, 0.5) is 4.39 Å². The molecule has 1 aromatic heterocycles. The highest BCUT2D eigenvalue weighted by molar-refractivity contribution is 5.39. The molecule has 0 amide bonds. The molecule has 0 aliphatic heterocycles. The van der Waals surface area contributed by atoms with Gasteiger partial charge in [-0.25, -0.2) is 14.1 Å². The number of nitrogens with zero attached hydrogens (tertiary/aromatic N) is 3. The molecule has 0 radical (unpaired) electrons. The molecule has 13 heavy (non-hydrogen) atoms. The van der Waals surface area contributed by atoms with Crippen molar-refractivity contribution in [3.05, 3.63) is 42.2 Å². The molecule has 2 aromatic rings. The van der Waals surface area contributed by atoms with E-state index in [1.54, 1.807) is 30.1 Å². The molecule has 1 aromatic carbocycles. The Morgan fingerprint density at radius 2 is 2.23 bits per heavy atom. The van der Waals surface area contributed by atoms with E-state index in [1.165, 1.54) is 12.4 Å². The van der Waals surface area contributed by atoms with E-state index in [4.69, 9.17) is 0 Å². The first-order valence-electron chi connectivity index (χ1n) is 3.89. The molecule has 0 fully saturated rings. The van der Waals surface area contributed by atoms with E-state index in [2.05, 4.69) is 10.1 Å². The minimum absolute atomic E-state index is 0.229. The molecule has 66 valence electrons. The van der Waals surface area contributed by atoms with Gasteiger partial charge in [-0.2, -0.15) is 5.10 Å². The predicted octanol–water partition coefficient (Wildman–Crippen LogP) is 1.71. The number of rotatable bonds is 1. The number of aromatic nitrogens is 3. The van der Waals surface area contributed by atoms with Gasteiger partial charge in [-0.05, 0) is 19.1 Å². The van der Waals surface area contributed by atoms with Gasteiger partial charge < -0.3 is 0 Å². The lowest BCUT2D eigenvalue weighted by molar-refractivity contribution is 0.615. The summed E-state index contributed by atoms with van der Waals surface area (Å²) in [5.41, 5.74) is 1.30. The minimum atomic E-state index is -0.229. The van der Waals surface area contributed by atoms with Crippen molar-refractivity contribution in [2.45, 2.75) is 6.92 Å². The Hall–Kier alpha value is -1.71. The SMILES string of the molecule is Cc1c(F)cccc1-n1cncn1. The summed E-state index contributed by atoms with van der Waals surface area (Å²) in [5.74, 6) is -0.229. The van der Waals surface area contributed by atoms with Crippen LogP contribution in [-0.4, -0.2) is 14.8 Å². The first kappa shape index (κ1) is 7.91. The Labute approximate surface area is 74.8 Å². The fourth-order valence-corrected chi connectivity index (χ4v) is 1.18. The highest BCUT2D eigenvalue weighted by Gasteiger charge is 2.04. The molecule has 0 aliphatic rings. The largest absolute Gasteiger partial charge is 0.223 e. The maximum absolute atomic E-state index is 13.1. The van der Waals surface area contributed by atoms with Gasteiger partial charge in [-0.15, -0.1) is 0 Å². The first-order chi connectivity index (χ1) is 6.29. The van der Waals surface area contributed by atoms with Crippen LogP contribution in [0.25, 0.3) is 5.69 Å². The van der Waals surface area contributed by atoms with Gasteiger partial charge in [0.05, 0.1) is 5.69 Å². The van der Waals surface area contributed by atoms with Crippen LogP contribution >= 0.6 is 0 Å². The minimum Gasteiger partial charge on any atom is -0.223 e. The fraction of sp³-hybridized carbons (Fsp3) is 0.111. The lowest BCUT2D eigenvalue weighted by atomic mass is 10.2. The normalized spacial score (nSPS) is 10.3. The van der Waals surface area contributed by atoms with Crippen molar-refractivity contribution in [1.82, 2.24) is 14.8 Å². The van der Waals surface area contributed by atoms with Gasteiger partial charge in [0.15, 0.2) is 0 Å². The molecule has 0 spiro atoms. The van der Waals surface area contributed by atoms with Crippen LogP contribution in [-0.2, 0) is 0 Å². The van der Waals surface area contributed by atoms with Gasteiger partial charge in [-0.3, -0.25) is 0 Å². The molecule has 0 saturated carbocycles. The van der Waals surface area contributed by atoms with Gasteiger partial charge in [-0.1, -0.05) is 6.07 Å². The Balaban J connectivity index is 2.59. The van der Waals surface area contributed by atoms with Crippen LogP contribution in [0, 0.1) is 12.7 Å². The first-order valence-corrected chi connectivity index (χ1v) is 3.89. The van der Waals surface area contributed by atoms with E-state index in [1.807, 2.05) is 0 Å². The van der Waals surface area contributed by atoms with Crippen molar-refractivity contribution in [2.24, 2.45) is 0 Å². The summed E-state index contributed by atoms with van der Waals surface area (Å²) in [4.78, 5) is 3.80. The van der Waals surface area contributed by atoms with E-state index < -0.39 is 0 Å². The number of hydrogen-bond donors (Lipinski definition) is 0. The fourth-order valence-electron chi connectivity index (χ4n) is 1.18. The standard InChI is InChI=1S/C9H8FN3/c1-7-8(10)3-2-4-9(7)13-6-11-5-12-13/h2-6H,1H3. The van der Waals surface area contributed by atoms with Crippen LogP contribution in [0.15, 0.2) is 30.9 Å². The molecular weight excluding hydrogens is 169 g/mol. The Morgan fingerprint density at radius 3 is 2.92 bits per heavy atom. The van der Waals surface area contributed by atoms with Gasteiger partial charge in [0, 0.05) is 5.56 Å². The zero-order chi connectivity index (χ0) is 9.26. The predicted molar refractivity (Wildman–Crippen MR) is 46.1 cm³/mol. The van der Waals surface area contributed by atoms with Gasteiger partial charge >= 0.3 is 0 Å². The summed E-state index contributed by atoms with van der Waals surface area (Å²) in [6, 6.07) is 4.88. The third-order valence-corrected chi connectivity index (χ3v) is 1.90. The molecular formula is C9H8FN3. The summed E-state index contributed by atoms with van der Waals surface area (Å²) in [5, 5.41) is 3.93. The summed E-state index contributed by atoms with van der Waals surface area (Å²) >= 11 is 0. The quantitative estimate of drug-likeness (QED) is 0.664. The second-order valence-electron chi connectivity index (χ2n) is 2.72. The van der Waals surface area contributed by atoms with E-state index in [0.29, 0.717) is 5.56 Å². The zero-order valence-corrected chi connectivity index (χ0v) is 7.11. The number of benzene rings is 1. The number of hydrogen-bond acceptors (Lipinski definition) is 2. The van der Waals surface area contributed by atoms with E-state index in [9.17, 15) is 4.39 Å². The topological polar surface area (TPSA) is 30.7 Å². The van der Waals surface area contributed by atoms with Crippen molar-refractivity contribution < 1.29 is 4.39 Å². The molecule has 2 rings (SSSR count). The summed E-state index contributed by atoms with van der Waals surface area (Å²) in [6.07, 6.45) is 2.96. The second-order valence-corrected chi connectivity index (χ2v) is 2.72. The lowest BCUT2D eigenvalue weighted by Crippen LogP contribution is -1.98. The summed E-state index contributed by atoms with van der Waals surface area (Å²) in [7, 11) is 0. The van der Waals surface area contributed by atoms with Crippen LogP contribution in [0.5, 0.6) is 0 Å². The van der Waals surface area contributed by atoms with Crippen molar-refractivity contribution in [1.29, 1.82) is 0 Å². The smallest absolute Gasteiger partial charge is 0.138 e. The second kappa shape index (κ2) is 2.97. The van der Waals surface area contributed by atoms with Crippen molar-refractivity contribution >= 4 is 0 Å². The molecule has 0 N–H and O–H groups in total. The molecule has 0 unspecified atom stereocenters. The molecule has 0 aliphatic carbocycles. The molecule has 0 bridgehead atoms. The molecule has 3 nitrogen and oxygen atoms in total. The Bertz CT molecular complexity index is 409. The van der Waals surface area contributed by atoms with Gasteiger partial charge in [0.2, 0.25) is 0 Å². The third-order valence-electron chi connectivity index (χ3n) is 1.90. The van der Waals surface area contributed by atoms with Crippen LogP contribution < -0.4 is 0 Å². The van der Waals surface area contributed by atoms with Gasteiger partial charge in [0.1, 0.15) is 18.5 Å². The highest BCUT2D eigenvalue weighted by atomic mass is 19.1. The number of halogens is 1. The van der Waals surface area contributed by atoms with Crippen LogP contribution in [0.1, 0.15) is 5.56 Å². The third kappa shape index (κ3) is 1.30. The summed E-state index contributed by atoms with van der Waals surface area (Å²) in [6.45, 7) is 1.71. The lowest BCUT2D eigenvalue weighted by Gasteiger charge is -2.04. The van der Waals surface area contributed by atoms with Crippen LogP contribution in [0.3, 0.4) is 0 Å². The molecule has 0 atom stereocenters. The monoisotopic (exact) mass is 177 g/mol. The van der Waals surface area contributed by atoms with E-state index >= 15 is 0 Å². The maximum atomic E-state index is 13.1.